The van der Waals surface area contributed by atoms with E-state index in [2.05, 4.69) is 0 Å². The minimum Gasteiger partial charge on any atom is -0.508 e. The Morgan fingerprint density at radius 3 is 2.10 bits per heavy atom. The SMILES string of the molecule is Oc1cc(O)c2c(c1)OCC(O)C2.Oc1ccccc1O. The van der Waals surface area contributed by atoms with Crippen molar-refractivity contribution in [1.29, 1.82) is 0 Å². The van der Waals surface area contributed by atoms with Crippen LogP contribution >= 0.6 is 0 Å². The van der Waals surface area contributed by atoms with Gasteiger partial charge in [0, 0.05) is 24.1 Å². The molecule has 0 spiro atoms. The Morgan fingerprint density at radius 1 is 0.905 bits per heavy atom. The second-order valence-electron chi connectivity index (χ2n) is 4.60. The Labute approximate surface area is 121 Å². The lowest BCUT2D eigenvalue weighted by molar-refractivity contribution is 0.0906. The van der Waals surface area contributed by atoms with E-state index >= 15 is 0 Å². The number of benzene rings is 2. The molecule has 6 nitrogen and oxygen atoms in total. The first-order valence-corrected chi connectivity index (χ1v) is 6.30. The highest BCUT2D eigenvalue weighted by atomic mass is 16.5. The molecule has 1 aliphatic heterocycles. The molecule has 112 valence electrons. The number of phenols is 4. The molecule has 1 atom stereocenters. The van der Waals surface area contributed by atoms with Crippen molar-refractivity contribution in [3.8, 4) is 28.7 Å². The fourth-order valence-corrected chi connectivity index (χ4v) is 1.90. The van der Waals surface area contributed by atoms with Gasteiger partial charge in [0.25, 0.3) is 0 Å². The van der Waals surface area contributed by atoms with Crippen LogP contribution in [0.5, 0.6) is 28.7 Å². The average molecular weight is 292 g/mol. The van der Waals surface area contributed by atoms with Crippen molar-refractivity contribution in [1.82, 2.24) is 0 Å². The number of rotatable bonds is 0. The summed E-state index contributed by atoms with van der Waals surface area (Å²) in [6.45, 7) is 0.204. The summed E-state index contributed by atoms with van der Waals surface area (Å²) in [5, 5.41) is 45.1. The average Bonchev–Trinajstić information content (AvgIpc) is 2.44. The number of para-hydroxylation sites is 2. The predicted octanol–water partition coefficient (Wildman–Crippen LogP) is 1.49. The van der Waals surface area contributed by atoms with Crippen molar-refractivity contribution in [3.05, 3.63) is 42.0 Å². The van der Waals surface area contributed by atoms with Gasteiger partial charge in [0.05, 0.1) is 6.10 Å². The molecular formula is C15H16O6. The normalized spacial score (nSPS) is 16.1. The van der Waals surface area contributed by atoms with E-state index in [4.69, 9.17) is 20.1 Å². The lowest BCUT2D eigenvalue weighted by Crippen LogP contribution is -2.25. The molecule has 1 heterocycles. The highest BCUT2D eigenvalue weighted by Crippen LogP contribution is 2.35. The largest absolute Gasteiger partial charge is 0.508 e. The van der Waals surface area contributed by atoms with Gasteiger partial charge in [-0.15, -0.1) is 0 Å². The number of hydrogen-bond acceptors (Lipinski definition) is 6. The molecule has 0 saturated carbocycles. The zero-order chi connectivity index (χ0) is 15.4. The maximum atomic E-state index is 9.40. The Morgan fingerprint density at radius 2 is 1.52 bits per heavy atom. The van der Waals surface area contributed by atoms with E-state index in [9.17, 15) is 10.2 Å². The number of aliphatic hydroxyl groups excluding tert-OH is 1. The van der Waals surface area contributed by atoms with Crippen molar-refractivity contribution in [2.45, 2.75) is 12.5 Å². The van der Waals surface area contributed by atoms with E-state index in [1.165, 1.54) is 24.3 Å². The Kier molecular flexibility index (Phi) is 4.39. The van der Waals surface area contributed by atoms with E-state index in [0.717, 1.165) is 0 Å². The lowest BCUT2D eigenvalue weighted by Gasteiger charge is -2.22. The van der Waals surface area contributed by atoms with Gasteiger partial charge in [0.1, 0.15) is 23.9 Å². The summed E-state index contributed by atoms with van der Waals surface area (Å²) >= 11 is 0. The summed E-state index contributed by atoms with van der Waals surface area (Å²) in [4.78, 5) is 0. The third-order valence-electron chi connectivity index (χ3n) is 2.92. The monoisotopic (exact) mass is 292 g/mol. The fourth-order valence-electron chi connectivity index (χ4n) is 1.90. The van der Waals surface area contributed by atoms with Crippen LogP contribution < -0.4 is 4.74 Å². The molecule has 21 heavy (non-hydrogen) atoms. The van der Waals surface area contributed by atoms with Gasteiger partial charge in [-0.05, 0) is 12.1 Å². The second-order valence-corrected chi connectivity index (χ2v) is 4.60. The van der Waals surface area contributed by atoms with Gasteiger partial charge < -0.3 is 30.3 Å². The van der Waals surface area contributed by atoms with Crippen molar-refractivity contribution < 1.29 is 30.3 Å². The van der Waals surface area contributed by atoms with Crippen LogP contribution in [0.15, 0.2) is 36.4 Å². The number of aromatic hydroxyl groups is 4. The zero-order valence-corrected chi connectivity index (χ0v) is 11.1. The fraction of sp³-hybridized carbons (Fsp3) is 0.200. The standard InChI is InChI=1S/C9H10O4.C6H6O2/c10-5-2-8(12)7-1-6(11)4-13-9(7)3-5;7-5-3-1-2-4-6(5)8/h2-3,6,10-12H,1,4H2;1-4,7-8H. The van der Waals surface area contributed by atoms with Gasteiger partial charge in [-0.25, -0.2) is 0 Å². The highest BCUT2D eigenvalue weighted by molar-refractivity contribution is 5.50. The molecule has 1 unspecified atom stereocenters. The van der Waals surface area contributed by atoms with Crippen LogP contribution in [0.1, 0.15) is 5.56 Å². The van der Waals surface area contributed by atoms with Crippen LogP contribution in [0.4, 0.5) is 0 Å². The van der Waals surface area contributed by atoms with E-state index in [1.807, 2.05) is 0 Å². The molecule has 0 aliphatic carbocycles. The van der Waals surface area contributed by atoms with Crippen LogP contribution in [0.2, 0.25) is 0 Å². The molecule has 1 aliphatic rings. The number of aliphatic hydroxyl groups is 1. The molecule has 0 saturated heterocycles. The van der Waals surface area contributed by atoms with Crippen molar-refractivity contribution in [2.75, 3.05) is 6.61 Å². The first kappa shape index (κ1) is 14.8. The summed E-state index contributed by atoms with van der Waals surface area (Å²) in [7, 11) is 0. The predicted molar refractivity (Wildman–Crippen MR) is 74.7 cm³/mol. The van der Waals surface area contributed by atoms with Crippen LogP contribution in [0.25, 0.3) is 0 Å². The Balaban J connectivity index is 0.000000173. The van der Waals surface area contributed by atoms with Crippen molar-refractivity contribution >= 4 is 0 Å². The van der Waals surface area contributed by atoms with E-state index in [1.54, 1.807) is 12.1 Å². The van der Waals surface area contributed by atoms with Crippen molar-refractivity contribution in [3.63, 3.8) is 0 Å². The first-order chi connectivity index (χ1) is 9.97. The maximum absolute atomic E-state index is 9.40. The Bertz CT molecular complexity index is 605. The quantitative estimate of drug-likeness (QED) is 0.471. The molecule has 0 radical (unpaired) electrons. The highest BCUT2D eigenvalue weighted by Gasteiger charge is 2.21. The third kappa shape index (κ3) is 3.70. The minimum absolute atomic E-state index is 0.0336. The molecule has 0 aromatic heterocycles. The third-order valence-corrected chi connectivity index (χ3v) is 2.92. The van der Waals surface area contributed by atoms with Crippen LogP contribution in [0.3, 0.4) is 0 Å². The van der Waals surface area contributed by atoms with E-state index in [-0.39, 0.29) is 29.6 Å². The first-order valence-electron chi connectivity index (χ1n) is 6.30. The molecule has 3 rings (SSSR count). The summed E-state index contributed by atoms with van der Waals surface area (Å²) in [5.41, 5.74) is 0.552. The molecule has 2 aromatic rings. The number of ether oxygens (including phenoxy) is 1. The molecule has 5 N–H and O–H groups in total. The molecule has 0 bridgehead atoms. The summed E-state index contributed by atoms with van der Waals surface area (Å²) in [6, 6.07) is 8.82. The van der Waals surface area contributed by atoms with E-state index in [0.29, 0.717) is 17.7 Å². The van der Waals surface area contributed by atoms with Gasteiger partial charge >= 0.3 is 0 Å². The smallest absolute Gasteiger partial charge is 0.157 e. The van der Waals surface area contributed by atoms with E-state index < -0.39 is 6.10 Å². The number of phenolic OH excluding ortho intramolecular Hbond substituents is 4. The molecule has 6 heteroatoms. The molecule has 0 fully saturated rings. The van der Waals surface area contributed by atoms with Gasteiger partial charge in [-0.2, -0.15) is 0 Å². The van der Waals surface area contributed by atoms with Gasteiger partial charge in [0.15, 0.2) is 11.5 Å². The van der Waals surface area contributed by atoms with Crippen molar-refractivity contribution in [2.24, 2.45) is 0 Å². The molecule has 2 aromatic carbocycles. The number of fused-ring (bicyclic) bond motifs is 1. The van der Waals surface area contributed by atoms with Gasteiger partial charge in [-0.3, -0.25) is 0 Å². The number of hydrogen-bond donors (Lipinski definition) is 5. The Hall–Kier alpha value is -2.60. The zero-order valence-electron chi connectivity index (χ0n) is 11.1. The van der Waals surface area contributed by atoms with Gasteiger partial charge in [-0.1, -0.05) is 12.1 Å². The van der Waals surface area contributed by atoms with Crippen LogP contribution in [-0.4, -0.2) is 38.2 Å². The van der Waals surface area contributed by atoms with Crippen LogP contribution in [-0.2, 0) is 6.42 Å². The summed E-state index contributed by atoms with van der Waals surface area (Å²) in [6.07, 6.45) is -0.218. The van der Waals surface area contributed by atoms with Crippen LogP contribution in [0, 0.1) is 0 Å². The molecule has 0 amide bonds. The summed E-state index contributed by atoms with van der Waals surface area (Å²) < 4.78 is 5.13. The maximum Gasteiger partial charge on any atom is 0.157 e. The molecular weight excluding hydrogens is 276 g/mol. The second kappa shape index (κ2) is 6.23. The summed E-state index contributed by atoms with van der Waals surface area (Å²) in [5.74, 6) is 0.226. The van der Waals surface area contributed by atoms with Gasteiger partial charge in [0.2, 0.25) is 0 Å². The lowest BCUT2D eigenvalue weighted by atomic mass is 10.0. The topological polar surface area (TPSA) is 110 Å². The minimum atomic E-state index is -0.581.